The molecule has 200 valence electrons. The van der Waals surface area contributed by atoms with Crippen LogP contribution in [0.1, 0.15) is 37.0 Å². The van der Waals surface area contributed by atoms with E-state index in [0.29, 0.717) is 48.7 Å². The highest BCUT2D eigenvalue weighted by molar-refractivity contribution is 7.89. The second-order valence-electron chi connectivity index (χ2n) is 8.95. The quantitative estimate of drug-likeness (QED) is 0.529. The first-order chi connectivity index (χ1) is 17.8. The van der Waals surface area contributed by atoms with E-state index in [1.54, 1.807) is 35.2 Å². The van der Waals surface area contributed by atoms with E-state index < -0.39 is 22.0 Å². The number of hydrogen-bond acceptors (Lipinski definition) is 7. The smallest absolute Gasteiger partial charge is 0.252 e. The van der Waals surface area contributed by atoms with E-state index >= 15 is 0 Å². The number of rotatable bonds is 9. The Labute approximate surface area is 217 Å². The Bertz CT molecular complexity index is 1220. The maximum atomic E-state index is 13.4. The van der Waals surface area contributed by atoms with Crippen LogP contribution in [0.3, 0.4) is 0 Å². The summed E-state index contributed by atoms with van der Waals surface area (Å²) in [4.78, 5) is 28.5. The van der Waals surface area contributed by atoms with Gasteiger partial charge in [0.05, 0.1) is 12.0 Å². The Hall–Kier alpha value is -3.31. The molecule has 0 bridgehead atoms. The van der Waals surface area contributed by atoms with Gasteiger partial charge in [-0.3, -0.25) is 9.59 Å². The molecular formula is C26H33N3O7S. The Morgan fingerprint density at radius 2 is 1.70 bits per heavy atom. The molecule has 0 aliphatic carbocycles. The number of methoxy groups -OCH3 is 1. The average molecular weight is 532 g/mol. The fraction of sp³-hybridized carbons (Fsp3) is 0.462. The van der Waals surface area contributed by atoms with Gasteiger partial charge in [0.2, 0.25) is 22.7 Å². The van der Waals surface area contributed by atoms with Crippen molar-refractivity contribution in [1.29, 1.82) is 0 Å². The first-order valence-corrected chi connectivity index (χ1v) is 13.9. The van der Waals surface area contributed by atoms with Crippen molar-refractivity contribution in [3.63, 3.8) is 0 Å². The number of sulfonamides is 1. The summed E-state index contributed by atoms with van der Waals surface area (Å²) in [6.07, 6.45) is 0.878. The lowest BCUT2D eigenvalue weighted by Crippen LogP contribution is -2.54. The molecule has 11 heteroatoms. The summed E-state index contributed by atoms with van der Waals surface area (Å²) in [6, 6.07) is 10.4. The summed E-state index contributed by atoms with van der Waals surface area (Å²) in [5.74, 6) is 0.851. The van der Waals surface area contributed by atoms with Gasteiger partial charge < -0.3 is 24.4 Å². The maximum absolute atomic E-state index is 13.4. The molecule has 1 N–H and O–H groups in total. The number of hydrogen-bond donors (Lipinski definition) is 1. The fourth-order valence-corrected chi connectivity index (χ4v) is 6.19. The molecule has 4 rings (SSSR count). The molecule has 2 aromatic rings. The number of benzene rings is 2. The molecule has 0 spiro atoms. The predicted octanol–water partition coefficient (Wildman–Crippen LogP) is 2.49. The van der Waals surface area contributed by atoms with E-state index in [2.05, 4.69) is 5.32 Å². The van der Waals surface area contributed by atoms with Crippen molar-refractivity contribution in [3.8, 4) is 17.2 Å². The van der Waals surface area contributed by atoms with Gasteiger partial charge >= 0.3 is 0 Å². The number of amides is 2. The number of carbonyl (C=O) groups excluding carboxylic acids is 2. The zero-order valence-electron chi connectivity index (χ0n) is 21.3. The Morgan fingerprint density at radius 3 is 2.32 bits per heavy atom. The first kappa shape index (κ1) is 26.7. The molecular weight excluding hydrogens is 498 g/mol. The third-order valence-corrected chi connectivity index (χ3v) is 8.84. The maximum Gasteiger partial charge on any atom is 0.252 e. The largest absolute Gasteiger partial charge is 0.497 e. The van der Waals surface area contributed by atoms with Crippen LogP contribution in [0.2, 0.25) is 0 Å². The van der Waals surface area contributed by atoms with Gasteiger partial charge in [-0.15, -0.1) is 0 Å². The number of ether oxygens (including phenoxy) is 3. The summed E-state index contributed by atoms with van der Waals surface area (Å²) in [5.41, 5.74) is 0.362. The zero-order valence-corrected chi connectivity index (χ0v) is 22.1. The highest BCUT2D eigenvalue weighted by atomic mass is 32.2. The minimum Gasteiger partial charge on any atom is -0.497 e. The first-order valence-electron chi connectivity index (χ1n) is 12.4. The van der Waals surface area contributed by atoms with Crippen LogP contribution < -0.4 is 19.5 Å². The molecule has 2 aromatic carbocycles. The average Bonchev–Trinajstić information content (AvgIpc) is 3.40. The van der Waals surface area contributed by atoms with Crippen LogP contribution in [0.4, 0.5) is 0 Å². The molecule has 1 saturated heterocycles. The van der Waals surface area contributed by atoms with E-state index in [0.717, 1.165) is 0 Å². The summed E-state index contributed by atoms with van der Waals surface area (Å²) >= 11 is 0. The highest BCUT2D eigenvalue weighted by Gasteiger charge is 2.37. The number of likely N-dealkylation sites (N-methyl/N-ethyl adjacent to an activating group) is 1. The Balaban J connectivity index is 1.49. The molecule has 37 heavy (non-hydrogen) atoms. The van der Waals surface area contributed by atoms with E-state index in [1.807, 2.05) is 13.8 Å². The number of fused-ring (bicyclic) bond motifs is 1. The lowest BCUT2D eigenvalue weighted by Gasteiger charge is -2.37. The standard InChI is InChI=1S/C26H33N3O7S/c1-4-28(5-2)26(31)24(27-25(30)19-6-11-22-23(16-19)36-17-35-22)18-12-14-29(15-13-18)37(32,33)21-9-7-20(34-3)8-10-21/h6-11,16,18,24H,4-5,12-15,17H2,1-3H3,(H,27,30)/t24-/m0/s1. The molecule has 0 aromatic heterocycles. The van der Waals surface area contributed by atoms with Gasteiger partial charge in [-0.1, -0.05) is 0 Å². The third kappa shape index (κ3) is 5.67. The van der Waals surface area contributed by atoms with Gasteiger partial charge in [0.1, 0.15) is 11.8 Å². The van der Waals surface area contributed by atoms with Crippen molar-refractivity contribution in [2.75, 3.05) is 40.1 Å². The molecule has 1 atom stereocenters. The van der Waals surface area contributed by atoms with Gasteiger partial charge in [-0.2, -0.15) is 4.31 Å². The molecule has 1 fully saturated rings. The van der Waals surface area contributed by atoms with Crippen molar-refractivity contribution in [2.24, 2.45) is 5.92 Å². The monoisotopic (exact) mass is 531 g/mol. The summed E-state index contributed by atoms with van der Waals surface area (Å²) in [5, 5.41) is 2.93. The van der Waals surface area contributed by atoms with Crippen molar-refractivity contribution in [2.45, 2.75) is 37.6 Å². The molecule has 0 saturated carbocycles. The normalized spacial score (nSPS) is 16.7. The number of carbonyl (C=O) groups is 2. The predicted molar refractivity (Wildman–Crippen MR) is 136 cm³/mol. The van der Waals surface area contributed by atoms with Gasteiger partial charge in [0.15, 0.2) is 11.5 Å². The molecule has 0 radical (unpaired) electrons. The van der Waals surface area contributed by atoms with E-state index in [1.165, 1.54) is 23.5 Å². The molecule has 2 heterocycles. The van der Waals surface area contributed by atoms with Crippen LogP contribution in [0.15, 0.2) is 47.4 Å². The highest BCUT2D eigenvalue weighted by Crippen LogP contribution is 2.33. The van der Waals surface area contributed by atoms with Gasteiger partial charge in [0.25, 0.3) is 5.91 Å². The van der Waals surface area contributed by atoms with Crippen molar-refractivity contribution >= 4 is 21.8 Å². The van der Waals surface area contributed by atoms with Crippen LogP contribution in [-0.4, -0.2) is 75.6 Å². The number of piperidine rings is 1. The van der Waals surface area contributed by atoms with E-state index in [-0.39, 0.29) is 36.6 Å². The molecule has 10 nitrogen and oxygen atoms in total. The number of nitrogens with zero attached hydrogens (tertiary/aromatic N) is 2. The SMILES string of the molecule is CCN(CC)C(=O)[C@@H](NC(=O)c1ccc2c(c1)OCO2)C1CCN(S(=O)(=O)c2ccc(OC)cc2)CC1. The summed E-state index contributed by atoms with van der Waals surface area (Å²) in [7, 11) is -2.16. The number of nitrogens with one attached hydrogen (secondary N) is 1. The molecule has 0 unspecified atom stereocenters. The third-order valence-electron chi connectivity index (χ3n) is 6.93. The van der Waals surface area contributed by atoms with Crippen LogP contribution >= 0.6 is 0 Å². The van der Waals surface area contributed by atoms with Crippen LogP contribution in [-0.2, 0) is 14.8 Å². The van der Waals surface area contributed by atoms with Gasteiger partial charge in [-0.25, -0.2) is 8.42 Å². The van der Waals surface area contributed by atoms with Crippen LogP contribution in [0.5, 0.6) is 17.2 Å². The minimum atomic E-state index is -3.68. The Morgan fingerprint density at radius 1 is 1.05 bits per heavy atom. The second kappa shape index (κ2) is 11.4. The lowest BCUT2D eigenvalue weighted by atomic mass is 9.89. The zero-order chi connectivity index (χ0) is 26.6. The van der Waals surface area contributed by atoms with E-state index in [9.17, 15) is 18.0 Å². The summed E-state index contributed by atoms with van der Waals surface area (Å²) < 4.78 is 43.6. The molecule has 2 aliphatic heterocycles. The van der Waals surface area contributed by atoms with Gasteiger partial charge in [0, 0.05) is 31.7 Å². The van der Waals surface area contributed by atoms with Crippen LogP contribution in [0, 0.1) is 5.92 Å². The van der Waals surface area contributed by atoms with Crippen molar-refractivity contribution in [3.05, 3.63) is 48.0 Å². The molecule has 2 amide bonds. The Kier molecular flexibility index (Phi) is 8.23. The second-order valence-corrected chi connectivity index (χ2v) is 10.9. The lowest BCUT2D eigenvalue weighted by molar-refractivity contribution is -0.134. The minimum absolute atomic E-state index is 0.0987. The van der Waals surface area contributed by atoms with Crippen LogP contribution in [0.25, 0.3) is 0 Å². The van der Waals surface area contributed by atoms with Crippen molar-refractivity contribution < 1.29 is 32.2 Å². The van der Waals surface area contributed by atoms with Crippen molar-refractivity contribution in [1.82, 2.24) is 14.5 Å². The topological polar surface area (TPSA) is 114 Å². The van der Waals surface area contributed by atoms with Gasteiger partial charge in [-0.05, 0) is 75.1 Å². The fourth-order valence-electron chi connectivity index (χ4n) is 4.72. The van der Waals surface area contributed by atoms with E-state index in [4.69, 9.17) is 14.2 Å². The molecule has 2 aliphatic rings. The summed E-state index contributed by atoms with van der Waals surface area (Å²) in [6.45, 7) is 5.40.